The molecule has 0 aliphatic rings. The fraction of sp³-hybridized carbons (Fsp3) is 0.222. The average Bonchev–Trinajstić information content (AvgIpc) is 3.11. The second-order valence-electron chi connectivity index (χ2n) is 5.86. The molecule has 1 N–H and O–H groups in total. The van der Waals surface area contributed by atoms with Crippen molar-refractivity contribution in [3.05, 3.63) is 71.0 Å². The molecule has 24 heavy (non-hydrogen) atoms. The maximum atomic E-state index is 12.6. The highest BCUT2D eigenvalue weighted by Gasteiger charge is 2.14. The summed E-state index contributed by atoms with van der Waals surface area (Å²) < 4.78 is 1.52. The van der Waals surface area contributed by atoms with E-state index in [4.69, 9.17) is 0 Å². The summed E-state index contributed by atoms with van der Waals surface area (Å²) in [4.78, 5) is 12.6. The van der Waals surface area contributed by atoms with Gasteiger partial charge in [0.2, 0.25) is 0 Å². The number of nitrogens with one attached hydrogen (secondary N) is 1. The predicted octanol–water partition coefficient (Wildman–Crippen LogP) is 2.77. The van der Waals surface area contributed by atoms with Crippen molar-refractivity contribution in [3.8, 4) is 5.69 Å². The average molecular weight is 321 g/mol. The summed E-state index contributed by atoms with van der Waals surface area (Å²) in [7, 11) is 0. The molecule has 0 fully saturated rings. The van der Waals surface area contributed by atoms with Crippen molar-refractivity contribution in [2.45, 2.75) is 26.8 Å². The van der Waals surface area contributed by atoms with Gasteiger partial charge in [-0.25, -0.2) is 4.68 Å². The second kappa shape index (κ2) is 6.62. The molecule has 0 aliphatic heterocycles. The van der Waals surface area contributed by atoms with Gasteiger partial charge in [0.15, 0.2) is 0 Å². The van der Waals surface area contributed by atoms with E-state index in [0.717, 1.165) is 16.8 Å². The predicted molar refractivity (Wildman–Crippen MR) is 91.0 cm³/mol. The third-order valence-electron chi connectivity index (χ3n) is 3.97. The normalized spacial score (nSPS) is 12.0. The minimum atomic E-state index is -0.127. The Kier molecular flexibility index (Phi) is 4.37. The van der Waals surface area contributed by atoms with Crippen molar-refractivity contribution in [2.75, 3.05) is 0 Å². The third-order valence-corrected chi connectivity index (χ3v) is 3.97. The molecule has 0 aliphatic carbocycles. The van der Waals surface area contributed by atoms with Gasteiger partial charge in [0, 0.05) is 5.56 Å². The Morgan fingerprint density at radius 3 is 2.75 bits per heavy atom. The van der Waals surface area contributed by atoms with E-state index in [-0.39, 0.29) is 11.9 Å². The van der Waals surface area contributed by atoms with E-state index in [0.29, 0.717) is 5.56 Å². The molecule has 0 spiro atoms. The first-order valence-corrected chi connectivity index (χ1v) is 7.76. The number of benzene rings is 2. The molecule has 2 aromatic carbocycles. The minimum Gasteiger partial charge on any atom is -0.346 e. The molecule has 1 atom stereocenters. The van der Waals surface area contributed by atoms with Crippen LogP contribution in [0, 0.1) is 13.8 Å². The molecule has 1 heterocycles. The highest BCUT2D eigenvalue weighted by Crippen LogP contribution is 2.19. The molecule has 1 unspecified atom stereocenters. The Hall–Kier alpha value is -3.02. The number of hydrogen-bond donors (Lipinski definition) is 1. The lowest BCUT2D eigenvalue weighted by molar-refractivity contribution is 0.0940. The molecule has 3 rings (SSSR count). The Labute approximate surface area is 140 Å². The molecule has 6 heteroatoms. The Morgan fingerprint density at radius 1 is 1.17 bits per heavy atom. The van der Waals surface area contributed by atoms with Gasteiger partial charge in [0.05, 0.1) is 11.7 Å². The van der Waals surface area contributed by atoms with Crippen LogP contribution in [0.5, 0.6) is 0 Å². The highest BCUT2D eigenvalue weighted by molar-refractivity contribution is 5.95. The van der Waals surface area contributed by atoms with Gasteiger partial charge in [0.25, 0.3) is 5.91 Å². The van der Waals surface area contributed by atoms with Crippen LogP contribution in [0.1, 0.15) is 40.0 Å². The number of aromatic nitrogens is 4. The summed E-state index contributed by atoms with van der Waals surface area (Å²) in [6.45, 7) is 6.09. The first-order valence-electron chi connectivity index (χ1n) is 7.76. The number of carbonyl (C=O) groups is 1. The number of aryl methyl sites for hydroxylation is 2. The van der Waals surface area contributed by atoms with E-state index < -0.39 is 0 Å². The van der Waals surface area contributed by atoms with Crippen LogP contribution in [-0.4, -0.2) is 26.1 Å². The lowest BCUT2D eigenvalue weighted by atomic mass is 9.99. The lowest BCUT2D eigenvalue weighted by Gasteiger charge is -2.17. The topological polar surface area (TPSA) is 72.7 Å². The van der Waals surface area contributed by atoms with Crippen LogP contribution in [0.15, 0.2) is 48.8 Å². The van der Waals surface area contributed by atoms with E-state index in [9.17, 15) is 4.79 Å². The summed E-state index contributed by atoms with van der Waals surface area (Å²) in [6.07, 6.45) is 1.50. The van der Waals surface area contributed by atoms with Crippen LogP contribution in [0.4, 0.5) is 0 Å². The molecular weight excluding hydrogens is 302 g/mol. The number of tetrazole rings is 1. The molecule has 3 aromatic rings. The van der Waals surface area contributed by atoms with Gasteiger partial charge in [-0.1, -0.05) is 29.8 Å². The van der Waals surface area contributed by atoms with E-state index in [1.165, 1.54) is 16.6 Å². The summed E-state index contributed by atoms with van der Waals surface area (Å²) >= 11 is 0. The van der Waals surface area contributed by atoms with Crippen LogP contribution >= 0.6 is 0 Å². The van der Waals surface area contributed by atoms with Gasteiger partial charge in [0.1, 0.15) is 6.33 Å². The van der Waals surface area contributed by atoms with Crippen molar-refractivity contribution >= 4 is 5.91 Å². The van der Waals surface area contributed by atoms with Crippen LogP contribution in [-0.2, 0) is 0 Å². The van der Waals surface area contributed by atoms with Crippen molar-refractivity contribution in [1.82, 2.24) is 25.5 Å². The van der Waals surface area contributed by atoms with Crippen molar-refractivity contribution in [3.63, 3.8) is 0 Å². The lowest BCUT2D eigenvalue weighted by Crippen LogP contribution is -2.27. The number of hydrogen-bond acceptors (Lipinski definition) is 4. The number of rotatable bonds is 4. The van der Waals surface area contributed by atoms with Gasteiger partial charge >= 0.3 is 0 Å². The Balaban J connectivity index is 1.80. The molecule has 0 saturated carbocycles. The number of nitrogens with zero attached hydrogens (tertiary/aromatic N) is 4. The standard InChI is InChI=1S/C18H19N5O/c1-12-7-8-13(2)17(9-12)14(3)20-18(24)15-5-4-6-16(10-15)23-11-19-21-22-23/h4-11,14H,1-3H3,(H,20,24). The van der Waals surface area contributed by atoms with Gasteiger partial charge in [-0.3, -0.25) is 4.79 Å². The highest BCUT2D eigenvalue weighted by atomic mass is 16.1. The van der Waals surface area contributed by atoms with Crippen LogP contribution in [0.3, 0.4) is 0 Å². The smallest absolute Gasteiger partial charge is 0.251 e. The zero-order valence-corrected chi connectivity index (χ0v) is 13.9. The first kappa shape index (κ1) is 15.9. The molecule has 6 nitrogen and oxygen atoms in total. The van der Waals surface area contributed by atoms with E-state index in [1.807, 2.05) is 26.0 Å². The monoisotopic (exact) mass is 321 g/mol. The largest absolute Gasteiger partial charge is 0.346 e. The molecular formula is C18H19N5O. The fourth-order valence-corrected chi connectivity index (χ4v) is 2.65. The van der Waals surface area contributed by atoms with Gasteiger partial charge < -0.3 is 5.32 Å². The summed E-state index contributed by atoms with van der Waals surface area (Å²) in [5.74, 6) is -0.127. The van der Waals surface area contributed by atoms with Gasteiger partial charge in [-0.2, -0.15) is 0 Å². The van der Waals surface area contributed by atoms with E-state index in [2.05, 4.69) is 46.0 Å². The van der Waals surface area contributed by atoms with Crippen molar-refractivity contribution in [2.24, 2.45) is 0 Å². The summed E-state index contributed by atoms with van der Waals surface area (Å²) in [6, 6.07) is 13.4. The van der Waals surface area contributed by atoms with Crippen LogP contribution in [0.25, 0.3) is 5.69 Å². The maximum absolute atomic E-state index is 12.6. The quantitative estimate of drug-likeness (QED) is 0.802. The number of amides is 1. The van der Waals surface area contributed by atoms with Gasteiger partial charge in [-0.05, 0) is 60.5 Å². The molecule has 122 valence electrons. The summed E-state index contributed by atoms with van der Waals surface area (Å²) in [5, 5.41) is 14.1. The van der Waals surface area contributed by atoms with E-state index >= 15 is 0 Å². The zero-order valence-electron chi connectivity index (χ0n) is 13.9. The maximum Gasteiger partial charge on any atom is 0.251 e. The van der Waals surface area contributed by atoms with Crippen molar-refractivity contribution in [1.29, 1.82) is 0 Å². The molecule has 0 radical (unpaired) electrons. The first-order chi connectivity index (χ1) is 11.5. The van der Waals surface area contributed by atoms with E-state index in [1.54, 1.807) is 12.1 Å². The van der Waals surface area contributed by atoms with Crippen LogP contribution < -0.4 is 5.32 Å². The SMILES string of the molecule is Cc1ccc(C)c(C(C)NC(=O)c2cccc(-n3cnnn3)c2)c1. The zero-order chi connectivity index (χ0) is 17.1. The third kappa shape index (κ3) is 3.32. The molecule has 0 bridgehead atoms. The minimum absolute atomic E-state index is 0.0749. The molecule has 1 aromatic heterocycles. The van der Waals surface area contributed by atoms with Crippen molar-refractivity contribution < 1.29 is 4.79 Å². The molecule has 1 amide bonds. The fourth-order valence-electron chi connectivity index (χ4n) is 2.65. The summed E-state index contributed by atoms with van der Waals surface area (Å²) in [5.41, 5.74) is 4.78. The second-order valence-corrected chi connectivity index (χ2v) is 5.86. The van der Waals surface area contributed by atoms with Crippen LogP contribution in [0.2, 0.25) is 0 Å². The molecule has 0 saturated heterocycles. The Morgan fingerprint density at radius 2 is 2.00 bits per heavy atom. The van der Waals surface area contributed by atoms with Gasteiger partial charge in [-0.15, -0.1) is 5.10 Å². The number of carbonyl (C=O) groups excluding carboxylic acids is 1. The Bertz CT molecular complexity index is 858.